The maximum Gasteiger partial charge on any atom is 0.243 e. The van der Waals surface area contributed by atoms with Gasteiger partial charge in [-0.05, 0) is 19.1 Å². The highest BCUT2D eigenvalue weighted by Crippen LogP contribution is 2.18. The molecule has 0 atom stereocenters. The predicted molar refractivity (Wildman–Crippen MR) is 95.7 cm³/mol. The molecular formula is C17H26N4O3S. The lowest BCUT2D eigenvalue weighted by atomic mass is 10.0. The van der Waals surface area contributed by atoms with E-state index in [1.54, 1.807) is 12.1 Å². The summed E-state index contributed by atoms with van der Waals surface area (Å²) in [5, 5.41) is 6.13. The second-order valence-electron chi connectivity index (χ2n) is 6.82. The molecule has 1 aromatic rings. The molecule has 8 heteroatoms. The van der Waals surface area contributed by atoms with Crippen LogP contribution in [0.1, 0.15) is 5.56 Å². The van der Waals surface area contributed by atoms with E-state index in [0.717, 1.165) is 18.7 Å². The fraction of sp³-hybridized carbons (Fsp3) is 0.588. The van der Waals surface area contributed by atoms with Gasteiger partial charge in [-0.25, -0.2) is 8.42 Å². The monoisotopic (exact) mass is 366 g/mol. The van der Waals surface area contributed by atoms with Crippen molar-refractivity contribution in [2.45, 2.75) is 11.8 Å². The molecule has 0 spiro atoms. The van der Waals surface area contributed by atoms with Crippen LogP contribution in [0.4, 0.5) is 0 Å². The van der Waals surface area contributed by atoms with Crippen molar-refractivity contribution in [3.8, 4) is 0 Å². The number of hydrogen-bond donors (Lipinski definition) is 2. The molecule has 0 aliphatic carbocycles. The second-order valence-corrected chi connectivity index (χ2v) is 8.76. The molecule has 1 aromatic carbocycles. The SMILES string of the molecule is Cc1ccc(S(=O)(=O)N2CCN(CC(=O)NCC3CNC3)CC2)cc1. The molecule has 138 valence electrons. The van der Waals surface area contributed by atoms with Gasteiger partial charge in [-0.15, -0.1) is 0 Å². The summed E-state index contributed by atoms with van der Waals surface area (Å²) in [6.45, 7) is 6.89. The molecule has 2 heterocycles. The van der Waals surface area contributed by atoms with Crippen molar-refractivity contribution in [2.75, 3.05) is 52.4 Å². The number of nitrogens with one attached hydrogen (secondary N) is 2. The topological polar surface area (TPSA) is 81.8 Å². The summed E-state index contributed by atoms with van der Waals surface area (Å²) in [5.41, 5.74) is 1.03. The molecule has 0 saturated carbocycles. The normalized spacial score (nSPS) is 20.2. The fourth-order valence-corrected chi connectivity index (χ4v) is 4.42. The Morgan fingerprint density at radius 1 is 1.16 bits per heavy atom. The minimum atomic E-state index is -3.45. The number of amides is 1. The molecule has 1 amide bonds. The first kappa shape index (κ1) is 18.3. The van der Waals surface area contributed by atoms with E-state index in [2.05, 4.69) is 10.6 Å². The summed E-state index contributed by atoms with van der Waals surface area (Å²) in [4.78, 5) is 14.3. The van der Waals surface area contributed by atoms with Gasteiger partial charge in [0.25, 0.3) is 0 Å². The van der Waals surface area contributed by atoms with Gasteiger partial charge in [0.2, 0.25) is 15.9 Å². The molecule has 2 aliphatic heterocycles. The van der Waals surface area contributed by atoms with Crippen LogP contribution in [-0.4, -0.2) is 75.9 Å². The van der Waals surface area contributed by atoms with Gasteiger partial charge in [0.15, 0.2) is 0 Å². The molecule has 0 aromatic heterocycles. The lowest BCUT2D eigenvalue weighted by Gasteiger charge is -2.34. The van der Waals surface area contributed by atoms with Crippen LogP contribution in [0.15, 0.2) is 29.2 Å². The third-order valence-corrected chi connectivity index (χ3v) is 6.72. The van der Waals surface area contributed by atoms with E-state index in [9.17, 15) is 13.2 Å². The number of hydrogen-bond acceptors (Lipinski definition) is 5. The number of sulfonamides is 1. The minimum absolute atomic E-state index is 0.0155. The highest BCUT2D eigenvalue weighted by Gasteiger charge is 2.29. The Labute approximate surface area is 149 Å². The molecule has 2 aliphatic rings. The smallest absolute Gasteiger partial charge is 0.243 e. The zero-order chi connectivity index (χ0) is 17.9. The summed E-state index contributed by atoms with van der Waals surface area (Å²) >= 11 is 0. The number of nitrogens with zero attached hydrogens (tertiary/aromatic N) is 2. The Bertz CT molecular complexity index is 693. The lowest BCUT2D eigenvalue weighted by molar-refractivity contribution is -0.122. The van der Waals surface area contributed by atoms with Crippen LogP contribution in [0.25, 0.3) is 0 Å². The van der Waals surface area contributed by atoms with Crippen LogP contribution in [0.5, 0.6) is 0 Å². The first-order chi connectivity index (χ1) is 11.9. The Morgan fingerprint density at radius 2 is 1.80 bits per heavy atom. The summed E-state index contributed by atoms with van der Waals surface area (Å²) in [6.07, 6.45) is 0. The maximum absolute atomic E-state index is 12.7. The van der Waals surface area contributed by atoms with Crippen molar-refractivity contribution in [1.82, 2.24) is 19.8 Å². The average Bonchev–Trinajstić information content (AvgIpc) is 2.54. The Kier molecular flexibility index (Phi) is 5.73. The van der Waals surface area contributed by atoms with Crippen LogP contribution in [0, 0.1) is 12.8 Å². The number of aryl methyl sites for hydroxylation is 1. The van der Waals surface area contributed by atoms with E-state index >= 15 is 0 Å². The number of carbonyl (C=O) groups is 1. The molecular weight excluding hydrogens is 340 g/mol. The van der Waals surface area contributed by atoms with Crippen LogP contribution in [-0.2, 0) is 14.8 Å². The van der Waals surface area contributed by atoms with Gasteiger partial charge in [-0.2, -0.15) is 4.31 Å². The Balaban J connectivity index is 1.47. The van der Waals surface area contributed by atoms with Crippen molar-refractivity contribution in [1.29, 1.82) is 0 Å². The predicted octanol–water partition coefficient (Wildman–Crippen LogP) is -0.363. The van der Waals surface area contributed by atoms with E-state index in [1.807, 2.05) is 24.0 Å². The lowest BCUT2D eigenvalue weighted by Crippen LogP contribution is -2.52. The Morgan fingerprint density at radius 3 is 2.36 bits per heavy atom. The quantitative estimate of drug-likeness (QED) is 0.718. The molecule has 0 bridgehead atoms. The molecule has 2 fully saturated rings. The maximum atomic E-state index is 12.7. The molecule has 2 N–H and O–H groups in total. The average molecular weight is 366 g/mol. The fourth-order valence-electron chi connectivity index (χ4n) is 3.00. The van der Waals surface area contributed by atoms with Gasteiger partial charge >= 0.3 is 0 Å². The van der Waals surface area contributed by atoms with Crippen molar-refractivity contribution in [2.24, 2.45) is 5.92 Å². The second kappa shape index (κ2) is 7.82. The first-order valence-corrected chi connectivity index (χ1v) is 10.2. The molecule has 3 rings (SSSR count). The van der Waals surface area contributed by atoms with Gasteiger partial charge in [0.1, 0.15) is 0 Å². The molecule has 2 saturated heterocycles. The van der Waals surface area contributed by atoms with Gasteiger partial charge < -0.3 is 10.6 Å². The van der Waals surface area contributed by atoms with Gasteiger partial charge in [0.05, 0.1) is 11.4 Å². The largest absolute Gasteiger partial charge is 0.355 e. The molecule has 0 unspecified atom stereocenters. The third-order valence-electron chi connectivity index (χ3n) is 4.81. The first-order valence-electron chi connectivity index (χ1n) is 8.72. The highest BCUT2D eigenvalue weighted by atomic mass is 32.2. The van der Waals surface area contributed by atoms with E-state index < -0.39 is 10.0 Å². The molecule has 25 heavy (non-hydrogen) atoms. The third kappa shape index (κ3) is 4.58. The van der Waals surface area contributed by atoms with Gasteiger partial charge in [-0.1, -0.05) is 17.7 Å². The van der Waals surface area contributed by atoms with E-state index in [4.69, 9.17) is 0 Å². The standard InChI is InChI=1S/C17H26N4O3S/c1-14-2-4-16(5-3-14)25(23,24)21-8-6-20(7-9-21)13-17(22)19-12-15-10-18-11-15/h2-5,15,18H,6-13H2,1H3,(H,19,22). The van der Waals surface area contributed by atoms with Crippen LogP contribution < -0.4 is 10.6 Å². The highest BCUT2D eigenvalue weighted by molar-refractivity contribution is 7.89. The van der Waals surface area contributed by atoms with Crippen molar-refractivity contribution < 1.29 is 13.2 Å². The summed E-state index contributed by atoms with van der Waals surface area (Å²) in [5.74, 6) is 0.558. The zero-order valence-corrected chi connectivity index (χ0v) is 15.4. The zero-order valence-electron chi connectivity index (χ0n) is 14.6. The number of benzene rings is 1. The summed E-state index contributed by atoms with van der Waals surface area (Å²) in [7, 11) is -3.45. The van der Waals surface area contributed by atoms with Gasteiger partial charge in [-0.3, -0.25) is 9.69 Å². The van der Waals surface area contributed by atoms with E-state index in [-0.39, 0.29) is 5.91 Å². The summed E-state index contributed by atoms with van der Waals surface area (Å²) < 4.78 is 26.8. The van der Waals surface area contributed by atoms with E-state index in [1.165, 1.54) is 4.31 Å². The van der Waals surface area contributed by atoms with Gasteiger partial charge in [0, 0.05) is 51.7 Å². The van der Waals surface area contributed by atoms with Crippen molar-refractivity contribution in [3.05, 3.63) is 29.8 Å². The number of piperazine rings is 1. The van der Waals surface area contributed by atoms with Crippen LogP contribution in [0.2, 0.25) is 0 Å². The van der Waals surface area contributed by atoms with Crippen molar-refractivity contribution in [3.63, 3.8) is 0 Å². The van der Waals surface area contributed by atoms with Crippen LogP contribution in [0.3, 0.4) is 0 Å². The number of carbonyl (C=O) groups excluding carboxylic acids is 1. The number of rotatable bonds is 6. The minimum Gasteiger partial charge on any atom is -0.355 e. The van der Waals surface area contributed by atoms with Crippen molar-refractivity contribution >= 4 is 15.9 Å². The van der Waals surface area contributed by atoms with E-state index in [0.29, 0.717) is 50.1 Å². The molecule has 7 nitrogen and oxygen atoms in total. The molecule has 0 radical (unpaired) electrons. The Hall–Kier alpha value is -1.48. The summed E-state index contributed by atoms with van der Waals surface area (Å²) in [6, 6.07) is 6.93. The van der Waals surface area contributed by atoms with Crippen LogP contribution >= 0.6 is 0 Å².